The van der Waals surface area contributed by atoms with Gasteiger partial charge in [-0.1, -0.05) is 72.8 Å². The number of hydrogen-bond donors (Lipinski definition) is 0. The zero-order valence-corrected chi connectivity index (χ0v) is 22.4. The van der Waals surface area contributed by atoms with E-state index in [-0.39, 0.29) is 17.7 Å². The molecule has 1 aliphatic heterocycles. The van der Waals surface area contributed by atoms with E-state index in [1.54, 1.807) is 6.08 Å². The number of amides is 2. The van der Waals surface area contributed by atoms with E-state index >= 15 is 0 Å². The minimum Gasteiger partial charge on any atom is -0.487 e. The monoisotopic (exact) mass is 607 g/mol. The van der Waals surface area contributed by atoms with Gasteiger partial charge in [0.25, 0.3) is 11.1 Å². The van der Waals surface area contributed by atoms with Gasteiger partial charge in [0.05, 0.1) is 20.4 Å². The molecule has 5 rings (SSSR count). The van der Waals surface area contributed by atoms with Gasteiger partial charge in [-0.25, -0.2) is 0 Å². The van der Waals surface area contributed by atoms with Crippen LogP contribution < -0.4 is 4.74 Å². The highest BCUT2D eigenvalue weighted by molar-refractivity contribution is 9.11. The van der Waals surface area contributed by atoms with E-state index < -0.39 is 0 Å². The molecule has 1 aliphatic rings. The van der Waals surface area contributed by atoms with Crippen LogP contribution in [0.2, 0.25) is 0 Å². The van der Waals surface area contributed by atoms with Crippen molar-refractivity contribution in [3.05, 3.63) is 115 Å². The molecule has 35 heavy (non-hydrogen) atoms. The van der Waals surface area contributed by atoms with Crippen LogP contribution in [-0.4, -0.2) is 16.0 Å². The van der Waals surface area contributed by atoms with Crippen LogP contribution in [0.4, 0.5) is 4.79 Å². The molecule has 0 unspecified atom stereocenters. The Morgan fingerprint density at radius 1 is 0.857 bits per heavy atom. The number of carbonyl (C=O) groups excluding carboxylic acids is 2. The van der Waals surface area contributed by atoms with Crippen molar-refractivity contribution in [3.8, 4) is 5.75 Å². The predicted octanol–water partition coefficient (Wildman–Crippen LogP) is 8.18. The molecule has 4 aromatic rings. The number of carbonyl (C=O) groups is 2. The van der Waals surface area contributed by atoms with Crippen LogP contribution in [0.1, 0.15) is 16.7 Å². The number of thioether (sulfide) groups is 1. The van der Waals surface area contributed by atoms with Gasteiger partial charge in [-0.2, -0.15) is 0 Å². The van der Waals surface area contributed by atoms with E-state index in [1.165, 1.54) is 10.3 Å². The second-order valence-electron chi connectivity index (χ2n) is 7.99. The highest BCUT2D eigenvalue weighted by Gasteiger charge is 2.35. The van der Waals surface area contributed by atoms with Crippen LogP contribution in [0.5, 0.6) is 5.75 Å². The number of ether oxygens (including phenoxy) is 1. The average Bonchev–Trinajstić information content (AvgIpc) is 3.11. The van der Waals surface area contributed by atoms with Gasteiger partial charge in [0.1, 0.15) is 12.4 Å². The standard InChI is InChI=1S/C28H19Br2NO3S/c29-23-13-19(15-25-27(32)31(28(33)35-25)16-18-7-2-1-3-8-18)14-24(30)26(23)34-17-21-11-6-10-20-9-4-5-12-22(20)21/h1-15H,16-17H2/b25-15-. The maximum atomic E-state index is 12.9. The van der Waals surface area contributed by atoms with E-state index in [9.17, 15) is 9.59 Å². The Bertz CT molecular complexity index is 1440. The van der Waals surface area contributed by atoms with Crippen molar-refractivity contribution in [1.29, 1.82) is 0 Å². The fourth-order valence-corrected chi connectivity index (χ4v) is 6.21. The van der Waals surface area contributed by atoms with Gasteiger partial charge in [0.2, 0.25) is 0 Å². The summed E-state index contributed by atoms with van der Waals surface area (Å²) in [6.07, 6.45) is 1.74. The summed E-state index contributed by atoms with van der Waals surface area (Å²) in [7, 11) is 0. The summed E-state index contributed by atoms with van der Waals surface area (Å²) in [4.78, 5) is 27.0. The van der Waals surface area contributed by atoms with Crippen LogP contribution in [0.15, 0.2) is 98.8 Å². The minimum atomic E-state index is -0.285. The maximum Gasteiger partial charge on any atom is 0.293 e. The topological polar surface area (TPSA) is 46.6 Å². The van der Waals surface area contributed by atoms with Crippen molar-refractivity contribution in [2.75, 3.05) is 0 Å². The second-order valence-corrected chi connectivity index (χ2v) is 10.7. The molecule has 0 atom stereocenters. The van der Waals surface area contributed by atoms with Gasteiger partial charge in [-0.3, -0.25) is 14.5 Å². The molecule has 1 saturated heterocycles. The largest absolute Gasteiger partial charge is 0.487 e. The van der Waals surface area contributed by atoms with Gasteiger partial charge in [0.15, 0.2) is 0 Å². The molecule has 0 bridgehead atoms. The summed E-state index contributed by atoms with van der Waals surface area (Å²) in [6, 6.07) is 27.6. The van der Waals surface area contributed by atoms with Crippen molar-refractivity contribution in [1.82, 2.24) is 4.90 Å². The van der Waals surface area contributed by atoms with E-state index in [1.807, 2.05) is 60.7 Å². The van der Waals surface area contributed by atoms with Crippen molar-refractivity contribution in [3.63, 3.8) is 0 Å². The molecule has 4 nitrogen and oxygen atoms in total. The Kier molecular flexibility index (Phi) is 7.09. The lowest BCUT2D eigenvalue weighted by molar-refractivity contribution is -0.123. The third-order valence-corrected chi connectivity index (χ3v) is 7.71. The quantitative estimate of drug-likeness (QED) is 0.207. The average molecular weight is 609 g/mol. The summed E-state index contributed by atoms with van der Waals surface area (Å²) >= 11 is 8.16. The molecule has 0 N–H and O–H groups in total. The first-order valence-electron chi connectivity index (χ1n) is 10.9. The Hall–Kier alpha value is -2.87. The van der Waals surface area contributed by atoms with Crippen molar-refractivity contribution in [2.24, 2.45) is 0 Å². The fourth-order valence-electron chi connectivity index (χ4n) is 3.92. The number of fused-ring (bicyclic) bond motifs is 1. The summed E-state index contributed by atoms with van der Waals surface area (Å²) in [5.74, 6) is 0.389. The molecule has 1 heterocycles. The Morgan fingerprint density at radius 3 is 2.31 bits per heavy atom. The molecule has 0 saturated carbocycles. The van der Waals surface area contributed by atoms with Crippen LogP contribution in [0.3, 0.4) is 0 Å². The summed E-state index contributed by atoms with van der Waals surface area (Å²) in [5.41, 5.74) is 2.79. The molecule has 4 aromatic carbocycles. The van der Waals surface area contributed by atoms with Crippen LogP contribution >= 0.6 is 43.6 Å². The lowest BCUT2D eigenvalue weighted by Gasteiger charge is -2.13. The van der Waals surface area contributed by atoms with Crippen molar-refractivity contribution >= 4 is 71.6 Å². The van der Waals surface area contributed by atoms with E-state index in [0.29, 0.717) is 17.3 Å². The zero-order valence-electron chi connectivity index (χ0n) is 18.4. The predicted molar refractivity (Wildman–Crippen MR) is 148 cm³/mol. The minimum absolute atomic E-state index is 0.261. The third-order valence-electron chi connectivity index (χ3n) is 5.63. The van der Waals surface area contributed by atoms with Crippen molar-refractivity contribution < 1.29 is 14.3 Å². The molecule has 2 amide bonds. The Labute approximate surface area is 224 Å². The highest BCUT2D eigenvalue weighted by atomic mass is 79.9. The summed E-state index contributed by atoms with van der Waals surface area (Å²) < 4.78 is 7.66. The molecular formula is C28H19Br2NO3S. The summed E-state index contributed by atoms with van der Waals surface area (Å²) in [6.45, 7) is 0.674. The zero-order chi connectivity index (χ0) is 24.4. The fraction of sp³-hybridized carbons (Fsp3) is 0.0714. The molecule has 1 fully saturated rings. The van der Waals surface area contributed by atoms with Crippen molar-refractivity contribution in [2.45, 2.75) is 13.2 Å². The Balaban J connectivity index is 1.34. The number of rotatable bonds is 6. The maximum absolute atomic E-state index is 12.9. The number of nitrogens with zero attached hydrogens (tertiary/aromatic N) is 1. The first kappa shape index (κ1) is 23.9. The van der Waals surface area contributed by atoms with E-state index in [0.717, 1.165) is 42.8 Å². The highest BCUT2D eigenvalue weighted by Crippen LogP contribution is 2.38. The lowest BCUT2D eigenvalue weighted by Crippen LogP contribution is -2.27. The number of halogens is 2. The van der Waals surface area contributed by atoms with Gasteiger partial charge in [-0.15, -0.1) is 0 Å². The molecule has 0 aliphatic carbocycles. The molecule has 0 aromatic heterocycles. The smallest absolute Gasteiger partial charge is 0.293 e. The number of benzene rings is 4. The Morgan fingerprint density at radius 2 is 1.54 bits per heavy atom. The van der Waals surface area contributed by atoms with E-state index in [4.69, 9.17) is 4.74 Å². The normalized spacial score (nSPS) is 14.8. The van der Waals surface area contributed by atoms with Gasteiger partial charge in [0, 0.05) is 0 Å². The molecule has 0 radical (unpaired) electrons. The van der Waals surface area contributed by atoms with Gasteiger partial charge >= 0.3 is 0 Å². The second kappa shape index (κ2) is 10.4. The number of imide groups is 1. The van der Waals surface area contributed by atoms with Crippen LogP contribution in [-0.2, 0) is 17.9 Å². The molecule has 0 spiro atoms. The SMILES string of the molecule is O=C1S/C(=C\c2cc(Br)c(OCc3cccc4ccccc34)c(Br)c2)C(=O)N1Cc1ccccc1. The van der Waals surface area contributed by atoms with Gasteiger partial charge in [-0.05, 0) is 89.3 Å². The molecule has 174 valence electrons. The molecular weight excluding hydrogens is 590 g/mol. The molecule has 7 heteroatoms. The van der Waals surface area contributed by atoms with Crippen LogP contribution in [0, 0.1) is 0 Å². The van der Waals surface area contributed by atoms with Crippen LogP contribution in [0.25, 0.3) is 16.8 Å². The number of hydrogen-bond acceptors (Lipinski definition) is 4. The summed E-state index contributed by atoms with van der Waals surface area (Å²) in [5, 5.41) is 2.06. The lowest BCUT2D eigenvalue weighted by atomic mass is 10.1. The van der Waals surface area contributed by atoms with Gasteiger partial charge < -0.3 is 4.74 Å². The first-order chi connectivity index (χ1) is 17.0. The van der Waals surface area contributed by atoms with E-state index in [2.05, 4.69) is 56.1 Å². The first-order valence-corrected chi connectivity index (χ1v) is 13.3. The third kappa shape index (κ3) is 5.22.